The number of nitrogens with zero attached hydrogens (tertiary/aromatic N) is 4. The lowest BCUT2D eigenvalue weighted by atomic mass is 10.2. The monoisotopic (exact) mass is 355 g/mol. The molecule has 0 atom stereocenters. The van der Waals surface area contributed by atoms with Crippen LogP contribution in [-0.4, -0.2) is 25.7 Å². The summed E-state index contributed by atoms with van der Waals surface area (Å²) in [5.41, 5.74) is 1.88. The molecule has 0 fully saturated rings. The molecule has 0 saturated heterocycles. The molecular weight excluding hydrogens is 338 g/mol. The lowest BCUT2D eigenvalue weighted by molar-refractivity contribution is 0.102. The van der Waals surface area contributed by atoms with E-state index in [-0.39, 0.29) is 22.5 Å². The number of halogens is 1. The van der Waals surface area contributed by atoms with Crippen LogP contribution in [0.2, 0.25) is 5.02 Å². The Kier molecular flexibility index (Phi) is 5.09. The molecule has 6 nitrogen and oxygen atoms in total. The molecule has 1 N–H and O–H groups in total. The first kappa shape index (κ1) is 17.1. The van der Waals surface area contributed by atoms with Crippen LogP contribution >= 0.6 is 11.6 Å². The number of rotatable bonds is 5. The molecule has 0 aliphatic rings. The van der Waals surface area contributed by atoms with Crippen molar-refractivity contribution in [1.29, 1.82) is 0 Å². The molecule has 0 spiro atoms. The van der Waals surface area contributed by atoms with Gasteiger partial charge in [0.2, 0.25) is 0 Å². The fourth-order valence-corrected chi connectivity index (χ4v) is 2.47. The summed E-state index contributed by atoms with van der Waals surface area (Å²) in [6.45, 7) is 4.54. The van der Waals surface area contributed by atoms with Crippen LogP contribution in [0.4, 0.5) is 5.69 Å². The summed E-state index contributed by atoms with van der Waals surface area (Å²) in [4.78, 5) is 20.9. The first-order valence-corrected chi connectivity index (χ1v) is 8.31. The molecule has 2 aromatic heterocycles. The standard InChI is InChI=1S/C18H18ClN5O/c1-12(2)17-20-9-15(19)16(23-17)18(25)22-14-8-21-24(11-14)10-13-6-4-3-5-7-13/h3-9,11-12H,10H2,1-2H3,(H,22,25). The van der Waals surface area contributed by atoms with Crippen molar-refractivity contribution in [2.24, 2.45) is 0 Å². The molecule has 1 aromatic carbocycles. The minimum Gasteiger partial charge on any atom is -0.318 e. The third-order valence-corrected chi connectivity index (χ3v) is 3.85. The second-order valence-electron chi connectivity index (χ2n) is 5.95. The van der Waals surface area contributed by atoms with E-state index in [0.29, 0.717) is 18.1 Å². The number of carbonyl (C=O) groups is 1. The number of anilines is 1. The smallest absolute Gasteiger partial charge is 0.276 e. The molecular formula is C18H18ClN5O. The van der Waals surface area contributed by atoms with Gasteiger partial charge in [-0.05, 0) is 5.56 Å². The lowest BCUT2D eigenvalue weighted by Gasteiger charge is -2.08. The van der Waals surface area contributed by atoms with Crippen LogP contribution in [0.1, 0.15) is 41.6 Å². The van der Waals surface area contributed by atoms with Gasteiger partial charge in [-0.3, -0.25) is 9.48 Å². The van der Waals surface area contributed by atoms with Gasteiger partial charge in [0.1, 0.15) is 5.82 Å². The van der Waals surface area contributed by atoms with E-state index < -0.39 is 0 Å². The van der Waals surface area contributed by atoms with Crippen LogP contribution in [0.15, 0.2) is 48.9 Å². The van der Waals surface area contributed by atoms with Crippen LogP contribution < -0.4 is 5.32 Å². The van der Waals surface area contributed by atoms with Crippen molar-refractivity contribution in [2.45, 2.75) is 26.3 Å². The van der Waals surface area contributed by atoms with Crippen molar-refractivity contribution in [2.75, 3.05) is 5.32 Å². The fraction of sp³-hybridized carbons (Fsp3) is 0.222. The zero-order valence-electron chi connectivity index (χ0n) is 14.0. The number of aromatic nitrogens is 4. The van der Waals surface area contributed by atoms with Crippen molar-refractivity contribution < 1.29 is 4.79 Å². The van der Waals surface area contributed by atoms with E-state index in [1.54, 1.807) is 17.1 Å². The molecule has 1 amide bonds. The molecule has 25 heavy (non-hydrogen) atoms. The maximum Gasteiger partial charge on any atom is 0.276 e. The maximum atomic E-state index is 12.5. The highest BCUT2D eigenvalue weighted by Crippen LogP contribution is 2.18. The maximum absolute atomic E-state index is 12.5. The second kappa shape index (κ2) is 7.44. The van der Waals surface area contributed by atoms with Gasteiger partial charge >= 0.3 is 0 Å². The van der Waals surface area contributed by atoms with Gasteiger partial charge in [0.15, 0.2) is 5.69 Å². The Morgan fingerprint density at radius 3 is 2.72 bits per heavy atom. The largest absolute Gasteiger partial charge is 0.318 e. The predicted molar refractivity (Wildman–Crippen MR) is 96.9 cm³/mol. The molecule has 0 aliphatic heterocycles. The first-order valence-electron chi connectivity index (χ1n) is 7.93. The van der Waals surface area contributed by atoms with Crippen LogP contribution in [0, 0.1) is 0 Å². The average molecular weight is 356 g/mol. The number of hydrogen-bond donors (Lipinski definition) is 1. The minimum absolute atomic E-state index is 0.109. The first-order chi connectivity index (χ1) is 12.0. The van der Waals surface area contributed by atoms with E-state index in [2.05, 4.69) is 20.4 Å². The summed E-state index contributed by atoms with van der Waals surface area (Å²) in [5, 5.41) is 7.26. The molecule has 128 valence electrons. The molecule has 2 heterocycles. The highest BCUT2D eigenvalue weighted by molar-refractivity contribution is 6.33. The van der Waals surface area contributed by atoms with Crippen molar-refractivity contribution in [1.82, 2.24) is 19.7 Å². The topological polar surface area (TPSA) is 72.7 Å². The zero-order valence-corrected chi connectivity index (χ0v) is 14.7. The lowest BCUT2D eigenvalue weighted by Crippen LogP contribution is -2.16. The van der Waals surface area contributed by atoms with Crippen molar-refractivity contribution in [3.05, 3.63) is 71.0 Å². The summed E-state index contributed by atoms with van der Waals surface area (Å²) < 4.78 is 1.76. The zero-order chi connectivity index (χ0) is 17.8. The third kappa shape index (κ3) is 4.22. The van der Waals surface area contributed by atoms with E-state index in [1.165, 1.54) is 6.20 Å². The van der Waals surface area contributed by atoms with E-state index in [1.807, 2.05) is 44.2 Å². The molecule has 0 radical (unpaired) electrons. The van der Waals surface area contributed by atoms with Gasteiger partial charge < -0.3 is 5.32 Å². The highest BCUT2D eigenvalue weighted by atomic mass is 35.5. The van der Waals surface area contributed by atoms with Crippen molar-refractivity contribution in [3.63, 3.8) is 0 Å². The number of hydrogen-bond acceptors (Lipinski definition) is 4. The van der Waals surface area contributed by atoms with Gasteiger partial charge in [-0.1, -0.05) is 55.8 Å². The van der Waals surface area contributed by atoms with Gasteiger partial charge in [-0.25, -0.2) is 9.97 Å². The Labute approximate surface area is 150 Å². The van der Waals surface area contributed by atoms with E-state index in [9.17, 15) is 4.79 Å². The molecule has 0 aliphatic carbocycles. The van der Waals surface area contributed by atoms with Gasteiger partial charge in [0.05, 0.1) is 29.6 Å². The molecule has 0 unspecified atom stereocenters. The SMILES string of the molecule is CC(C)c1ncc(Cl)c(C(=O)Nc2cnn(Cc3ccccc3)c2)n1. The number of nitrogens with one attached hydrogen (secondary N) is 1. The Bertz CT molecular complexity index is 876. The molecule has 3 rings (SSSR count). The van der Waals surface area contributed by atoms with Crippen molar-refractivity contribution >= 4 is 23.2 Å². The number of amides is 1. The van der Waals surface area contributed by atoms with Crippen LogP contribution in [0.5, 0.6) is 0 Å². The second-order valence-corrected chi connectivity index (χ2v) is 6.35. The Morgan fingerprint density at radius 1 is 1.24 bits per heavy atom. The van der Waals surface area contributed by atoms with E-state index >= 15 is 0 Å². The average Bonchev–Trinajstić information content (AvgIpc) is 3.02. The van der Waals surface area contributed by atoms with Crippen molar-refractivity contribution in [3.8, 4) is 0 Å². The number of carbonyl (C=O) groups excluding carboxylic acids is 1. The highest BCUT2D eigenvalue weighted by Gasteiger charge is 2.16. The minimum atomic E-state index is -0.381. The summed E-state index contributed by atoms with van der Waals surface area (Å²) >= 11 is 6.07. The predicted octanol–water partition coefficient (Wildman–Crippen LogP) is 3.75. The van der Waals surface area contributed by atoms with Crippen LogP contribution in [0.3, 0.4) is 0 Å². The Morgan fingerprint density at radius 2 is 2.00 bits per heavy atom. The quantitative estimate of drug-likeness (QED) is 0.756. The Balaban J connectivity index is 1.73. The van der Waals surface area contributed by atoms with Gasteiger partial charge in [-0.15, -0.1) is 0 Å². The Hall–Kier alpha value is -2.73. The summed E-state index contributed by atoms with van der Waals surface area (Å²) in [5.74, 6) is 0.306. The summed E-state index contributed by atoms with van der Waals surface area (Å²) in [6, 6.07) is 9.97. The van der Waals surface area contributed by atoms with E-state index in [4.69, 9.17) is 11.6 Å². The molecule has 7 heteroatoms. The third-order valence-electron chi connectivity index (χ3n) is 3.57. The molecule has 0 saturated carbocycles. The summed E-state index contributed by atoms with van der Waals surface area (Å²) in [7, 11) is 0. The summed E-state index contributed by atoms with van der Waals surface area (Å²) in [6.07, 6.45) is 4.82. The van der Waals surface area contributed by atoms with Crippen LogP contribution in [0.25, 0.3) is 0 Å². The number of benzene rings is 1. The molecule has 3 aromatic rings. The fourth-order valence-electron chi connectivity index (χ4n) is 2.29. The van der Waals surface area contributed by atoms with Gasteiger partial charge in [0.25, 0.3) is 5.91 Å². The van der Waals surface area contributed by atoms with E-state index in [0.717, 1.165) is 5.56 Å². The molecule has 0 bridgehead atoms. The van der Waals surface area contributed by atoms with Gasteiger partial charge in [-0.2, -0.15) is 5.10 Å². The van der Waals surface area contributed by atoms with Gasteiger partial charge in [0, 0.05) is 12.1 Å². The van der Waals surface area contributed by atoms with Crippen LogP contribution in [-0.2, 0) is 6.54 Å². The normalized spacial score (nSPS) is 10.9.